The fourth-order valence-electron chi connectivity index (χ4n) is 3.33. The Bertz CT molecular complexity index is 240. The zero-order valence-electron chi connectivity index (χ0n) is 8.88. The van der Waals surface area contributed by atoms with Crippen LogP contribution in [0.5, 0.6) is 0 Å². The molecule has 0 aliphatic heterocycles. The molecule has 2 bridgehead atoms. The van der Waals surface area contributed by atoms with Crippen LogP contribution in [0.2, 0.25) is 0 Å². The van der Waals surface area contributed by atoms with E-state index in [1.165, 1.54) is 24.8 Å². The minimum absolute atomic E-state index is 0.159. The first kappa shape index (κ1) is 9.26. The molecule has 0 radical (unpaired) electrons. The number of aliphatic hydroxyl groups is 1. The third kappa shape index (κ3) is 1.17. The van der Waals surface area contributed by atoms with Gasteiger partial charge in [0.05, 0.1) is 6.10 Å². The van der Waals surface area contributed by atoms with Gasteiger partial charge in [-0.05, 0) is 38.0 Å². The maximum Gasteiger partial charge on any atom is 0.0605 e. The van der Waals surface area contributed by atoms with Gasteiger partial charge in [0.25, 0.3) is 0 Å². The van der Waals surface area contributed by atoms with Gasteiger partial charge in [0, 0.05) is 5.41 Å². The topological polar surface area (TPSA) is 20.2 Å². The van der Waals surface area contributed by atoms with E-state index in [1.807, 2.05) is 6.92 Å². The summed E-state index contributed by atoms with van der Waals surface area (Å²) in [5, 5.41) is 9.91. The molecule has 0 aromatic heterocycles. The molecule has 2 aliphatic carbocycles. The number of aliphatic hydroxyl groups excluding tert-OH is 1. The third-order valence-electron chi connectivity index (χ3n) is 4.00. The molecule has 1 saturated carbocycles. The van der Waals surface area contributed by atoms with Gasteiger partial charge in [-0.3, -0.25) is 0 Å². The Morgan fingerprint density at radius 2 is 2.15 bits per heavy atom. The van der Waals surface area contributed by atoms with Crippen molar-refractivity contribution in [3.8, 4) is 0 Å². The summed E-state index contributed by atoms with van der Waals surface area (Å²) >= 11 is 0. The van der Waals surface area contributed by atoms with Crippen LogP contribution in [-0.4, -0.2) is 11.2 Å². The van der Waals surface area contributed by atoms with Gasteiger partial charge in [-0.15, -0.1) is 0 Å². The van der Waals surface area contributed by atoms with E-state index in [9.17, 15) is 5.11 Å². The van der Waals surface area contributed by atoms with Gasteiger partial charge >= 0.3 is 0 Å². The summed E-state index contributed by atoms with van der Waals surface area (Å²) in [5.41, 5.74) is 1.69. The Morgan fingerprint density at radius 3 is 2.54 bits per heavy atom. The number of hydrogen-bond acceptors (Lipinski definition) is 1. The Balaban J connectivity index is 2.33. The lowest BCUT2D eigenvalue weighted by atomic mass is 9.72. The zero-order valence-corrected chi connectivity index (χ0v) is 8.88. The van der Waals surface area contributed by atoms with Gasteiger partial charge in [-0.25, -0.2) is 0 Å². The second-order valence-corrected chi connectivity index (χ2v) is 5.11. The van der Waals surface area contributed by atoms with Gasteiger partial charge in [-0.1, -0.05) is 25.5 Å². The Labute approximate surface area is 80.8 Å². The van der Waals surface area contributed by atoms with Crippen LogP contribution in [0, 0.1) is 17.3 Å². The average molecular weight is 180 g/mol. The number of fused-ring (bicyclic) bond motifs is 2. The normalized spacial score (nSPS) is 39.8. The maximum atomic E-state index is 9.91. The van der Waals surface area contributed by atoms with Crippen LogP contribution in [0.15, 0.2) is 11.6 Å². The number of allylic oxidation sites excluding steroid dienone is 1. The van der Waals surface area contributed by atoms with Crippen molar-refractivity contribution < 1.29 is 5.11 Å². The van der Waals surface area contributed by atoms with Crippen LogP contribution < -0.4 is 0 Å². The molecule has 0 aromatic rings. The first-order valence-electron chi connectivity index (χ1n) is 5.46. The monoisotopic (exact) mass is 180 g/mol. The van der Waals surface area contributed by atoms with Crippen LogP contribution in [-0.2, 0) is 0 Å². The summed E-state index contributed by atoms with van der Waals surface area (Å²) in [4.78, 5) is 0. The van der Waals surface area contributed by atoms with Crippen LogP contribution in [0.1, 0.15) is 40.0 Å². The van der Waals surface area contributed by atoms with E-state index >= 15 is 0 Å². The Hall–Kier alpha value is -0.300. The molecule has 0 spiro atoms. The molecular weight excluding hydrogens is 160 g/mol. The summed E-state index contributed by atoms with van der Waals surface area (Å²) in [6, 6.07) is 0. The minimum atomic E-state index is -0.159. The highest BCUT2D eigenvalue weighted by Gasteiger charge is 2.49. The van der Waals surface area contributed by atoms with Crippen molar-refractivity contribution in [1.29, 1.82) is 0 Å². The number of rotatable bonds is 2. The highest BCUT2D eigenvalue weighted by atomic mass is 16.3. The molecule has 1 nitrogen and oxygen atoms in total. The molecule has 2 aliphatic rings. The van der Waals surface area contributed by atoms with Crippen molar-refractivity contribution in [3.63, 3.8) is 0 Å². The van der Waals surface area contributed by atoms with E-state index in [0.717, 1.165) is 5.92 Å². The van der Waals surface area contributed by atoms with E-state index in [1.54, 1.807) is 0 Å². The lowest BCUT2D eigenvalue weighted by molar-refractivity contribution is 0.0675. The molecule has 0 amide bonds. The molecule has 1 N–H and O–H groups in total. The van der Waals surface area contributed by atoms with Crippen molar-refractivity contribution >= 4 is 0 Å². The van der Waals surface area contributed by atoms with Gasteiger partial charge in [0.2, 0.25) is 0 Å². The highest BCUT2D eigenvalue weighted by Crippen LogP contribution is 2.57. The van der Waals surface area contributed by atoms with Gasteiger partial charge < -0.3 is 5.11 Å². The molecule has 0 aromatic carbocycles. The zero-order chi connectivity index (χ0) is 9.64. The largest absolute Gasteiger partial charge is 0.393 e. The van der Waals surface area contributed by atoms with E-state index in [4.69, 9.17) is 0 Å². The van der Waals surface area contributed by atoms with Gasteiger partial charge in [-0.2, -0.15) is 0 Å². The fourth-order valence-corrected chi connectivity index (χ4v) is 3.33. The summed E-state index contributed by atoms with van der Waals surface area (Å²) in [5.74, 6) is 1.38. The van der Waals surface area contributed by atoms with Crippen molar-refractivity contribution in [3.05, 3.63) is 11.6 Å². The first-order valence-corrected chi connectivity index (χ1v) is 5.46. The van der Waals surface area contributed by atoms with E-state index in [0.29, 0.717) is 5.92 Å². The summed E-state index contributed by atoms with van der Waals surface area (Å²) in [6.07, 6.45) is 5.98. The lowest BCUT2D eigenvalue weighted by Gasteiger charge is -2.35. The molecule has 74 valence electrons. The van der Waals surface area contributed by atoms with E-state index < -0.39 is 0 Å². The highest BCUT2D eigenvalue weighted by molar-refractivity contribution is 5.29. The minimum Gasteiger partial charge on any atom is -0.393 e. The van der Waals surface area contributed by atoms with Crippen molar-refractivity contribution in [2.75, 3.05) is 0 Å². The predicted molar refractivity (Wildman–Crippen MR) is 54.4 cm³/mol. The molecule has 3 unspecified atom stereocenters. The standard InChI is InChI=1S/C12H20O/c1-8(2)11-6-10-4-5-12(11,7-10)9(3)13/h6,8-10,13H,4-5,7H2,1-3H3. The molecule has 3 atom stereocenters. The molecule has 2 rings (SSSR count). The number of hydrogen-bond donors (Lipinski definition) is 1. The molecule has 1 fully saturated rings. The van der Waals surface area contributed by atoms with Crippen LogP contribution >= 0.6 is 0 Å². The molecular formula is C12H20O. The van der Waals surface area contributed by atoms with E-state index in [-0.39, 0.29) is 11.5 Å². The summed E-state index contributed by atoms with van der Waals surface area (Å²) < 4.78 is 0. The van der Waals surface area contributed by atoms with Gasteiger partial charge in [0.1, 0.15) is 0 Å². The molecule has 1 heteroatoms. The lowest BCUT2D eigenvalue weighted by Crippen LogP contribution is -2.32. The fraction of sp³-hybridized carbons (Fsp3) is 0.833. The molecule has 0 saturated heterocycles. The molecule has 13 heavy (non-hydrogen) atoms. The maximum absolute atomic E-state index is 9.91. The smallest absolute Gasteiger partial charge is 0.0605 e. The SMILES string of the molecule is CC(C)C1=CC2CCC1(C(C)O)C2. The van der Waals surface area contributed by atoms with Crippen LogP contribution in [0.4, 0.5) is 0 Å². The van der Waals surface area contributed by atoms with Crippen molar-refractivity contribution in [2.45, 2.75) is 46.1 Å². The van der Waals surface area contributed by atoms with Crippen LogP contribution in [0.25, 0.3) is 0 Å². The second-order valence-electron chi connectivity index (χ2n) is 5.11. The predicted octanol–water partition coefficient (Wildman–Crippen LogP) is 2.75. The Kier molecular flexibility index (Phi) is 2.03. The van der Waals surface area contributed by atoms with E-state index in [2.05, 4.69) is 19.9 Å². The summed E-state index contributed by atoms with van der Waals surface area (Å²) in [6.45, 7) is 6.46. The van der Waals surface area contributed by atoms with Crippen molar-refractivity contribution in [2.24, 2.45) is 17.3 Å². The first-order chi connectivity index (χ1) is 6.06. The second kappa shape index (κ2) is 2.84. The van der Waals surface area contributed by atoms with Crippen molar-refractivity contribution in [1.82, 2.24) is 0 Å². The van der Waals surface area contributed by atoms with Crippen LogP contribution in [0.3, 0.4) is 0 Å². The third-order valence-corrected chi connectivity index (χ3v) is 4.00. The van der Waals surface area contributed by atoms with Gasteiger partial charge in [0.15, 0.2) is 0 Å². The quantitative estimate of drug-likeness (QED) is 0.648. The average Bonchev–Trinajstić information content (AvgIpc) is 2.60. The molecule has 0 heterocycles. The Morgan fingerprint density at radius 1 is 1.46 bits per heavy atom. The summed E-state index contributed by atoms with van der Waals surface area (Å²) in [7, 11) is 0.